The molecule has 132 valence electrons. The summed E-state index contributed by atoms with van der Waals surface area (Å²) >= 11 is 1.42. The molecule has 1 aliphatic rings. The molecule has 1 fully saturated rings. The predicted molar refractivity (Wildman–Crippen MR) is 98.9 cm³/mol. The van der Waals surface area contributed by atoms with Gasteiger partial charge in [0.15, 0.2) is 0 Å². The number of benzene rings is 1. The number of aryl methyl sites for hydroxylation is 1. The molecule has 1 aliphatic heterocycles. The monoisotopic (exact) mass is 358 g/mol. The molecule has 3 N–H and O–H groups in total. The van der Waals surface area contributed by atoms with Gasteiger partial charge in [-0.15, -0.1) is 11.3 Å². The van der Waals surface area contributed by atoms with Crippen molar-refractivity contribution in [2.75, 3.05) is 18.0 Å². The molecule has 0 spiro atoms. The molecule has 1 aromatic carbocycles. The third kappa shape index (κ3) is 4.05. The highest BCUT2D eigenvalue weighted by Crippen LogP contribution is 2.22. The van der Waals surface area contributed by atoms with Gasteiger partial charge in [-0.05, 0) is 38.4 Å². The van der Waals surface area contributed by atoms with E-state index in [-0.39, 0.29) is 11.8 Å². The summed E-state index contributed by atoms with van der Waals surface area (Å²) < 4.78 is 0. The van der Waals surface area contributed by atoms with Gasteiger partial charge in [-0.25, -0.2) is 4.98 Å². The first-order valence-electron chi connectivity index (χ1n) is 8.42. The summed E-state index contributed by atoms with van der Waals surface area (Å²) in [5, 5.41) is 5.38. The zero-order valence-electron chi connectivity index (χ0n) is 14.2. The fourth-order valence-electron chi connectivity index (χ4n) is 2.88. The number of piperidine rings is 1. The number of carbonyl (C=O) groups is 2. The Balaban J connectivity index is 1.68. The Morgan fingerprint density at radius 2 is 2.16 bits per heavy atom. The minimum absolute atomic E-state index is 0.0686. The lowest BCUT2D eigenvalue weighted by Gasteiger charge is -2.32. The molecule has 0 bridgehead atoms. The Bertz CT molecular complexity index is 757. The van der Waals surface area contributed by atoms with E-state index >= 15 is 0 Å². The number of nitrogens with one attached hydrogen (secondary N) is 1. The summed E-state index contributed by atoms with van der Waals surface area (Å²) in [6.07, 6.45) is 2.15. The average Bonchev–Trinajstić information content (AvgIpc) is 3.07. The zero-order chi connectivity index (χ0) is 17.8. The second-order valence-electron chi connectivity index (χ2n) is 6.16. The van der Waals surface area contributed by atoms with Crippen molar-refractivity contribution in [3.63, 3.8) is 0 Å². The lowest BCUT2D eigenvalue weighted by atomic mass is 10.0. The highest BCUT2D eigenvalue weighted by Gasteiger charge is 2.31. The van der Waals surface area contributed by atoms with Crippen molar-refractivity contribution >= 4 is 28.8 Å². The fourth-order valence-corrected chi connectivity index (χ4v) is 3.67. The minimum atomic E-state index is -0.512. The lowest BCUT2D eigenvalue weighted by Crippen LogP contribution is -2.52. The van der Waals surface area contributed by atoms with Crippen LogP contribution in [0.3, 0.4) is 0 Å². The molecule has 1 saturated heterocycles. The number of nitrogens with zero attached hydrogens (tertiary/aromatic N) is 2. The Hall–Kier alpha value is -2.25. The Morgan fingerprint density at radius 3 is 2.88 bits per heavy atom. The first-order chi connectivity index (χ1) is 12.1. The summed E-state index contributed by atoms with van der Waals surface area (Å²) in [6, 6.07) is 7.34. The molecule has 0 saturated carbocycles. The van der Waals surface area contributed by atoms with E-state index in [4.69, 9.17) is 5.73 Å². The largest absolute Gasteiger partial charge is 0.339 e. The molecule has 3 rings (SSSR count). The molecule has 0 radical (unpaired) electrons. The number of carbonyl (C=O) groups excluding carboxylic acids is 2. The van der Waals surface area contributed by atoms with E-state index in [1.165, 1.54) is 11.3 Å². The van der Waals surface area contributed by atoms with Crippen molar-refractivity contribution < 1.29 is 9.59 Å². The Labute approximate surface area is 151 Å². The number of anilines is 1. The van der Waals surface area contributed by atoms with E-state index in [1.54, 1.807) is 10.3 Å². The summed E-state index contributed by atoms with van der Waals surface area (Å²) in [7, 11) is 0. The van der Waals surface area contributed by atoms with Crippen molar-refractivity contribution in [3.05, 3.63) is 45.9 Å². The molecule has 1 atom stereocenters. The van der Waals surface area contributed by atoms with Gasteiger partial charge in [0, 0.05) is 24.0 Å². The second-order valence-corrected chi connectivity index (χ2v) is 7.10. The van der Waals surface area contributed by atoms with Gasteiger partial charge >= 0.3 is 0 Å². The van der Waals surface area contributed by atoms with Gasteiger partial charge in [-0.2, -0.15) is 0 Å². The molecule has 1 aromatic heterocycles. The minimum Gasteiger partial charge on any atom is -0.339 e. The van der Waals surface area contributed by atoms with Crippen molar-refractivity contribution in [2.24, 2.45) is 5.73 Å². The standard InChI is InChI=1S/C18H22N4O2S/c1-12-4-6-13(7-5-12)22-10-2-3-14(18(22)24)21-17(23)15-11-25-16(20-15)8-9-19/h4-7,11,14H,2-3,8-10,19H2,1H3,(H,21,23). The van der Waals surface area contributed by atoms with E-state index in [9.17, 15) is 9.59 Å². The number of hydrogen-bond acceptors (Lipinski definition) is 5. The van der Waals surface area contributed by atoms with Crippen LogP contribution in [-0.2, 0) is 11.2 Å². The van der Waals surface area contributed by atoms with Crippen LogP contribution < -0.4 is 16.0 Å². The van der Waals surface area contributed by atoms with Crippen LogP contribution in [0.25, 0.3) is 0 Å². The van der Waals surface area contributed by atoms with Gasteiger partial charge in [0.2, 0.25) is 5.91 Å². The highest BCUT2D eigenvalue weighted by atomic mass is 32.1. The number of thiazole rings is 1. The van der Waals surface area contributed by atoms with E-state index in [0.717, 1.165) is 22.7 Å². The maximum absolute atomic E-state index is 12.8. The highest BCUT2D eigenvalue weighted by molar-refractivity contribution is 7.09. The van der Waals surface area contributed by atoms with Crippen molar-refractivity contribution in [1.82, 2.24) is 10.3 Å². The first kappa shape index (κ1) is 17.6. The molecule has 2 amide bonds. The molecule has 2 heterocycles. The van der Waals surface area contributed by atoms with Crippen LogP contribution in [0.4, 0.5) is 5.69 Å². The summed E-state index contributed by atoms with van der Waals surface area (Å²) in [5.41, 5.74) is 7.88. The third-order valence-corrected chi connectivity index (χ3v) is 5.14. The number of amides is 2. The topological polar surface area (TPSA) is 88.3 Å². The summed E-state index contributed by atoms with van der Waals surface area (Å²) in [4.78, 5) is 31.2. The molecular formula is C18H22N4O2S. The summed E-state index contributed by atoms with van der Waals surface area (Å²) in [6.45, 7) is 3.18. The zero-order valence-corrected chi connectivity index (χ0v) is 15.0. The van der Waals surface area contributed by atoms with Crippen LogP contribution in [-0.4, -0.2) is 35.9 Å². The van der Waals surface area contributed by atoms with Crippen LogP contribution in [0, 0.1) is 6.92 Å². The Kier molecular flexibility index (Phi) is 5.45. The van der Waals surface area contributed by atoms with Gasteiger partial charge in [0.05, 0.1) is 5.01 Å². The number of hydrogen-bond donors (Lipinski definition) is 2. The van der Waals surface area contributed by atoms with Crippen LogP contribution >= 0.6 is 11.3 Å². The van der Waals surface area contributed by atoms with E-state index < -0.39 is 6.04 Å². The second kappa shape index (κ2) is 7.76. The SMILES string of the molecule is Cc1ccc(N2CCCC(NC(=O)c3csc(CCN)n3)C2=O)cc1. The summed E-state index contributed by atoms with van der Waals surface area (Å²) in [5.74, 6) is -0.371. The maximum Gasteiger partial charge on any atom is 0.271 e. The number of rotatable bonds is 5. The van der Waals surface area contributed by atoms with Gasteiger partial charge < -0.3 is 16.0 Å². The number of aromatic nitrogens is 1. The van der Waals surface area contributed by atoms with Crippen LogP contribution in [0.1, 0.15) is 33.9 Å². The lowest BCUT2D eigenvalue weighted by molar-refractivity contribution is -0.121. The number of nitrogens with two attached hydrogens (primary N) is 1. The first-order valence-corrected chi connectivity index (χ1v) is 9.30. The van der Waals surface area contributed by atoms with Gasteiger partial charge in [-0.1, -0.05) is 17.7 Å². The van der Waals surface area contributed by atoms with Crippen molar-refractivity contribution in [2.45, 2.75) is 32.2 Å². The Morgan fingerprint density at radius 1 is 1.40 bits per heavy atom. The molecule has 6 nitrogen and oxygen atoms in total. The average molecular weight is 358 g/mol. The van der Waals surface area contributed by atoms with Gasteiger partial charge in [-0.3, -0.25) is 9.59 Å². The molecule has 25 heavy (non-hydrogen) atoms. The third-order valence-electron chi connectivity index (χ3n) is 4.23. The van der Waals surface area contributed by atoms with Gasteiger partial charge in [0.25, 0.3) is 5.91 Å². The van der Waals surface area contributed by atoms with Gasteiger partial charge in [0.1, 0.15) is 11.7 Å². The normalized spacial score (nSPS) is 17.6. The van der Waals surface area contributed by atoms with E-state index in [2.05, 4.69) is 10.3 Å². The molecular weight excluding hydrogens is 336 g/mol. The fraction of sp³-hybridized carbons (Fsp3) is 0.389. The molecule has 1 unspecified atom stereocenters. The van der Waals surface area contributed by atoms with E-state index in [0.29, 0.717) is 31.6 Å². The van der Waals surface area contributed by atoms with Crippen LogP contribution in [0.5, 0.6) is 0 Å². The quantitative estimate of drug-likeness (QED) is 0.854. The van der Waals surface area contributed by atoms with Crippen molar-refractivity contribution in [1.29, 1.82) is 0 Å². The predicted octanol–water partition coefficient (Wildman–Crippen LogP) is 1.88. The van der Waals surface area contributed by atoms with Crippen LogP contribution in [0.15, 0.2) is 29.6 Å². The van der Waals surface area contributed by atoms with E-state index in [1.807, 2.05) is 31.2 Å². The smallest absolute Gasteiger partial charge is 0.271 e. The van der Waals surface area contributed by atoms with Crippen LogP contribution in [0.2, 0.25) is 0 Å². The van der Waals surface area contributed by atoms with Crippen molar-refractivity contribution in [3.8, 4) is 0 Å². The molecule has 0 aliphatic carbocycles. The maximum atomic E-state index is 12.8. The molecule has 2 aromatic rings. The molecule has 7 heteroatoms.